The van der Waals surface area contributed by atoms with Gasteiger partial charge in [-0.05, 0) is 50.7 Å². The van der Waals surface area contributed by atoms with E-state index >= 15 is 0 Å². The topological polar surface area (TPSA) is 122 Å². The van der Waals surface area contributed by atoms with Crippen molar-refractivity contribution in [1.29, 1.82) is 0 Å². The summed E-state index contributed by atoms with van der Waals surface area (Å²) in [7, 11) is 0. The number of alkyl halides is 3. The molecule has 3 rings (SSSR count). The molecule has 0 aliphatic heterocycles. The summed E-state index contributed by atoms with van der Waals surface area (Å²) < 4.78 is 46.5. The van der Waals surface area contributed by atoms with Crippen LogP contribution in [-0.4, -0.2) is 34.2 Å². The molecule has 1 saturated carbocycles. The molecule has 160 valence electrons. The zero-order valence-electron chi connectivity index (χ0n) is 16.0. The number of hydrogen-bond donors (Lipinski definition) is 4. The molecule has 6 N–H and O–H groups in total. The number of primary amides is 1. The van der Waals surface area contributed by atoms with E-state index < -0.39 is 18.1 Å². The summed E-state index contributed by atoms with van der Waals surface area (Å²) in [5.74, 6) is -3.62. The monoisotopic (exact) mass is 417 g/mol. The number of fused-ring (bicyclic) bond motifs is 1. The van der Waals surface area contributed by atoms with E-state index in [2.05, 4.69) is 4.98 Å². The Morgan fingerprint density at radius 1 is 1.24 bits per heavy atom. The summed E-state index contributed by atoms with van der Waals surface area (Å²) in [4.78, 5) is 23.7. The van der Waals surface area contributed by atoms with Crippen LogP contribution in [0.15, 0.2) is 6.07 Å². The quantitative estimate of drug-likeness (QED) is 0.557. The first-order valence-electron chi connectivity index (χ1n) is 9.01. The highest BCUT2D eigenvalue weighted by molar-refractivity contribution is 6.07. The van der Waals surface area contributed by atoms with Crippen molar-refractivity contribution in [2.75, 3.05) is 0 Å². The molecular formula is C19H23F4N3O3. The Kier molecular flexibility index (Phi) is 6.56. The molecule has 29 heavy (non-hydrogen) atoms. The van der Waals surface area contributed by atoms with Gasteiger partial charge in [0.2, 0.25) is 0 Å². The second-order valence-electron chi connectivity index (χ2n) is 7.24. The maximum Gasteiger partial charge on any atom is 0.490 e. The lowest BCUT2D eigenvalue weighted by molar-refractivity contribution is -0.192. The number of aromatic nitrogens is 1. The first-order chi connectivity index (χ1) is 13.3. The number of H-pyrrole nitrogens is 1. The molecule has 2 atom stereocenters. The van der Waals surface area contributed by atoms with E-state index in [-0.39, 0.29) is 23.3 Å². The summed E-state index contributed by atoms with van der Waals surface area (Å²) in [6.07, 6.45) is -1.37. The number of amides is 1. The summed E-state index contributed by atoms with van der Waals surface area (Å²) in [5, 5.41) is 7.94. The molecule has 6 nitrogen and oxygen atoms in total. The third-order valence-electron chi connectivity index (χ3n) is 5.20. The van der Waals surface area contributed by atoms with Crippen LogP contribution in [0, 0.1) is 19.7 Å². The predicted octanol–water partition coefficient (Wildman–Crippen LogP) is 3.64. The number of hydrogen-bond acceptors (Lipinski definition) is 3. The molecule has 0 saturated heterocycles. The molecule has 1 aromatic carbocycles. The Bertz CT molecular complexity index is 937. The molecule has 1 fully saturated rings. The van der Waals surface area contributed by atoms with Crippen LogP contribution in [0.2, 0.25) is 0 Å². The second-order valence-corrected chi connectivity index (χ2v) is 7.24. The first kappa shape index (κ1) is 22.7. The Morgan fingerprint density at radius 3 is 2.31 bits per heavy atom. The van der Waals surface area contributed by atoms with Gasteiger partial charge in [0.15, 0.2) is 0 Å². The predicted molar refractivity (Wildman–Crippen MR) is 99.1 cm³/mol. The van der Waals surface area contributed by atoms with Crippen molar-refractivity contribution in [1.82, 2.24) is 4.98 Å². The van der Waals surface area contributed by atoms with Gasteiger partial charge in [-0.15, -0.1) is 0 Å². The van der Waals surface area contributed by atoms with Crippen molar-refractivity contribution in [3.63, 3.8) is 0 Å². The molecule has 0 bridgehead atoms. The molecule has 1 aliphatic carbocycles. The van der Waals surface area contributed by atoms with Crippen molar-refractivity contribution in [3.8, 4) is 0 Å². The number of nitrogens with one attached hydrogen (secondary N) is 1. The van der Waals surface area contributed by atoms with Gasteiger partial charge in [-0.3, -0.25) is 4.79 Å². The lowest BCUT2D eigenvalue weighted by Crippen LogP contribution is -2.27. The summed E-state index contributed by atoms with van der Waals surface area (Å²) >= 11 is 0. The van der Waals surface area contributed by atoms with E-state index in [0.29, 0.717) is 11.1 Å². The Morgan fingerprint density at radius 2 is 1.83 bits per heavy atom. The molecule has 1 amide bonds. The molecule has 1 aliphatic rings. The minimum absolute atomic E-state index is 0.0991. The molecular weight excluding hydrogens is 394 g/mol. The van der Waals surface area contributed by atoms with E-state index in [9.17, 15) is 22.4 Å². The van der Waals surface area contributed by atoms with Crippen molar-refractivity contribution in [3.05, 3.63) is 34.3 Å². The highest BCUT2D eigenvalue weighted by atomic mass is 19.4. The second kappa shape index (κ2) is 8.40. The van der Waals surface area contributed by atoms with Crippen LogP contribution in [0.3, 0.4) is 0 Å². The standard InChI is InChI=1S/C17H22FN3O.C2HF3O2/c1-8-9(2)21-16-12(17(20)22)7-13(18)15(14(8)16)10-4-3-5-11(19)6-10;3-2(4,5)1(6)7/h7,10-11,21H,3-6,19H2,1-2H3,(H2,20,22);(H,6,7)/t10?,11-;/m0./s1. The molecule has 1 aromatic heterocycles. The summed E-state index contributed by atoms with van der Waals surface area (Å²) in [6.45, 7) is 3.87. The number of halogens is 4. The van der Waals surface area contributed by atoms with Gasteiger partial charge in [-0.1, -0.05) is 6.42 Å². The molecule has 1 heterocycles. The van der Waals surface area contributed by atoms with Crippen molar-refractivity contribution in [2.45, 2.75) is 57.7 Å². The number of carbonyl (C=O) groups is 2. The molecule has 0 spiro atoms. The van der Waals surface area contributed by atoms with E-state index in [0.717, 1.165) is 42.3 Å². The van der Waals surface area contributed by atoms with Crippen LogP contribution in [0.25, 0.3) is 10.9 Å². The number of aliphatic carboxylic acids is 1. The van der Waals surface area contributed by atoms with E-state index in [1.807, 2.05) is 13.8 Å². The average Bonchev–Trinajstić information content (AvgIpc) is 2.89. The number of carbonyl (C=O) groups excluding carboxylic acids is 1. The number of benzene rings is 1. The van der Waals surface area contributed by atoms with E-state index in [4.69, 9.17) is 21.4 Å². The third kappa shape index (κ3) is 4.87. The van der Waals surface area contributed by atoms with E-state index in [1.54, 1.807) is 0 Å². The fourth-order valence-corrected chi connectivity index (χ4v) is 3.74. The smallest absolute Gasteiger partial charge is 0.475 e. The van der Waals surface area contributed by atoms with Crippen LogP contribution in [0.5, 0.6) is 0 Å². The number of carboxylic acid groups (broad SMARTS) is 1. The zero-order chi connectivity index (χ0) is 22.1. The molecule has 0 radical (unpaired) electrons. The van der Waals surface area contributed by atoms with Gasteiger partial charge in [-0.2, -0.15) is 13.2 Å². The number of aryl methyl sites for hydroxylation is 2. The van der Waals surface area contributed by atoms with Crippen LogP contribution in [-0.2, 0) is 4.79 Å². The van der Waals surface area contributed by atoms with E-state index in [1.165, 1.54) is 6.07 Å². The van der Waals surface area contributed by atoms with Crippen LogP contribution in [0.4, 0.5) is 17.6 Å². The Balaban J connectivity index is 0.000000370. The van der Waals surface area contributed by atoms with Gasteiger partial charge in [0.05, 0.1) is 11.1 Å². The van der Waals surface area contributed by atoms with Crippen LogP contribution in [0.1, 0.15) is 58.8 Å². The Hall–Kier alpha value is -2.62. The molecule has 2 aromatic rings. The number of rotatable bonds is 2. The highest BCUT2D eigenvalue weighted by Gasteiger charge is 2.38. The first-order valence-corrected chi connectivity index (χ1v) is 9.01. The minimum Gasteiger partial charge on any atom is -0.475 e. The maximum absolute atomic E-state index is 14.8. The fourth-order valence-electron chi connectivity index (χ4n) is 3.74. The van der Waals surface area contributed by atoms with Gasteiger partial charge in [-0.25, -0.2) is 9.18 Å². The highest BCUT2D eigenvalue weighted by Crippen LogP contribution is 2.40. The maximum atomic E-state index is 14.8. The summed E-state index contributed by atoms with van der Waals surface area (Å²) in [5.41, 5.74) is 15.0. The number of nitrogens with two attached hydrogens (primary N) is 2. The van der Waals surface area contributed by atoms with Crippen molar-refractivity contribution >= 4 is 22.8 Å². The van der Waals surface area contributed by atoms with Gasteiger partial charge >= 0.3 is 12.1 Å². The van der Waals surface area contributed by atoms with Gasteiger partial charge in [0.1, 0.15) is 5.82 Å². The zero-order valence-corrected chi connectivity index (χ0v) is 16.0. The van der Waals surface area contributed by atoms with Gasteiger partial charge in [0, 0.05) is 22.7 Å². The average molecular weight is 417 g/mol. The normalized spacial score (nSPS) is 19.6. The lowest BCUT2D eigenvalue weighted by Gasteiger charge is -2.28. The van der Waals surface area contributed by atoms with Crippen molar-refractivity contribution in [2.24, 2.45) is 11.5 Å². The third-order valence-corrected chi connectivity index (χ3v) is 5.20. The number of aromatic amines is 1. The van der Waals surface area contributed by atoms with Crippen LogP contribution < -0.4 is 11.5 Å². The fraction of sp³-hybridized carbons (Fsp3) is 0.474. The molecule has 1 unspecified atom stereocenters. The summed E-state index contributed by atoms with van der Waals surface area (Å²) in [6, 6.07) is 1.39. The Labute approximate surface area is 164 Å². The SMILES string of the molecule is Cc1[nH]c2c(C(N)=O)cc(F)c(C3CCC[C@H](N)C3)c2c1C.O=C(O)C(F)(F)F. The largest absolute Gasteiger partial charge is 0.490 e. The van der Waals surface area contributed by atoms with Crippen molar-refractivity contribution < 1.29 is 32.3 Å². The van der Waals surface area contributed by atoms with Crippen LogP contribution >= 0.6 is 0 Å². The van der Waals surface area contributed by atoms with Gasteiger partial charge in [0.25, 0.3) is 5.91 Å². The van der Waals surface area contributed by atoms with Gasteiger partial charge < -0.3 is 21.6 Å². The lowest BCUT2D eigenvalue weighted by atomic mass is 9.79. The minimum atomic E-state index is -5.08. The molecule has 10 heteroatoms. The number of carboxylic acids is 1.